The molecule has 0 aliphatic heterocycles. The van der Waals surface area contributed by atoms with E-state index in [1.54, 1.807) is 6.07 Å². The third-order valence-corrected chi connectivity index (χ3v) is 4.50. The summed E-state index contributed by atoms with van der Waals surface area (Å²) in [5, 5.41) is 0. The van der Waals surface area contributed by atoms with Crippen LogP contribution in [-0.4, -0.2) is 16.6 Å². The Morgan fingerprint density at radius 3 is 2.65 bits per heavy atom. The van der Waals surface area contributed by atoms with Crippen molar-refractivity contribution in [3.8, 4) is 5.75 Å². The van der Waals surface area contributed by atoms with Crippen LogP contribution in [0.4, 0.5) is 5.69 Å². The van der Waals surface area contributed by atoms with Gasteiger partial charge in [0.25, 0.3) is 0 Å². The van der Waals surface area contributed by atoms with E-state index in [2.05, 4.69) is 0 Å². The van der Waals surface area contributed by atoms with Crippen LogP contribution < -0.4 is 10.5 Å². The molecule has 20 heavy (non-hydrogen) atoms. The summed E-state index contributed by atoms with van der Waals surface area (Å²) in [4.78, 5) is 0.884. The van der Waals surface area contributed by atoms with Gasteiger partial charge in [-0.25, -0.2) is 0 Å². The van der Waals surface area contributed by atoms with Gasteiger partial charge in [0.05, 0.1) is 22.2 Å². The fourth-order valence-corrected chi connectivity index (χ4v) is 3.10. The molecular formula is C16H19NO2S. The molecule has 0 saturated heterocycles. The van der Waals surface area contributed by atoms with Crippen molar-refractivity contribution in [1.29, 1.82) is 0 Å². The van der Waals surface area contributed by atoms with Gasteiger partial charge in [-0.2, -0.15) is 0 Å². The molecule has 0 aromatic heterocycles. The molecule has 0 bridgehead atoms. The molecular weight excluding hydrogens is 270 g/mol. The van der Waals surface area contributed by atoms with Crippen LogP contribution in [0, 0.1) is 13.8 Å². The number of ether oxygens (including phenoxy) is 1. The zero-order valence-electron chi connectivity index (χ0n) is 11.8. The highest BCUT2D eigenvalue weighted by Crippen LogP contribution is 2.20. The van der Waals surface area contributed by atoms with Crippen molar-refractivity contribution in [3.63, 3.8) is 0 Å². The molecule has 2 N–H and O–H groups in total. The summed E-state index contributed by atoms with van der Waals surface area (Å²) in [6.45, 7) is 4.36. The van der Waals surface area contributed by atoms with Crippen molar-refractivity contribution >= 4 is 16.5 Å². The molecule has 0 saturated carbocycles. The Morgan fingerprint density at radius 2 is 1.90 bits per heavy atom. The zero-order valence-corrected chi connectivity index (χ0v) is 12.6. The van der Waals surface area contributed by atoms with Crippen molar-refractivity contribution in [2.45, 2.75) is 18.7 Å². The lowest BCUT2D eigenvalue weighted by molar-refractivity contribution is 0.344. The number of benzene rings is 2. The van der Waals surface area contributed by atoms with Gasteiger partial charge in [0.1, 0.15) is 12.4 Å². The maximum Gasteiger partial charge on any atom is 0.142 e. The molecule has 0 aliphatic rings. The average Bonchev–Trinajstić information content (AvgIpc) is 2.43. The minimum absolute atomic E-state index is 0.383. The van der Waals surface area contributed by atoms with E-state index < -0.39 is 10.8 Å². The molecule has 0 aliphatic carbocycles. The van der Waals surface area contributed by atoms with Crippen LogP contribution in [0.1, 0.15) is 11.1 Å². The summed E-state index contributed by atoms with van der Waals surface area (Å²) >= 11 is 0. The van der Waals surface area contributed by atoms with Crippen LogP contribution in [0.3, 0.4) is 0 Å². The zero-order chi connectivity index (χ0) is 14.5. The van der Waals surface area contributed by atoms with Crippen molar-refractivity contribution in [2.75, 3.05) is 18.1 Å². The Morgan fingerprint density at radius 1 is 1.15 bits per heavy atom. The van der Waals surface area contributed by atoms with Gasteiger partial charge in [-0.3, -0.25) is 4.21 Å². The second kappa shape index (κ2) is 6.57. The summed E-state index contributed by atoms with van der Waals surface area (Å²) in [5.41, 5.74) is 8.56. The van der Waals surface area contributed by atoms with Gasteiger partial charge in [-0.1, -0.05) is 24.3 Å². The molecule has 106 valence electrons. The average molecular weight is 289 g/mol. The van der Waals surface area contributed by atoms with E-state index >= 15 is 0 Å². The Bertz CT molecular complexity index is 626. The van der Waals surface area contributed by atoms with Crippen molar-refractivity contribution in [3.05, 3.63) is 53.6 Å². The number of anilines is 1. The molecule has 0 radical (unpaired) electrons. The first-order valence-corrected chi connectivity index (χ1v) is 7.83. The first-order chi connectivity index (χ1) is 9.58. The van der Waals surface area contributed by atoms with Gasteiger partial charge in [-0.05, 0) is 43.2 Å². The van der Waals surface area contributed by atoms with Crippen molar-refractivity contribution in [2.24, 2.45) is 0 Å². The fourth-order valence-electron chi connectivity index (χ4n) is 1.90. The number of nitrogens with two attached hydrogens (primary N) is 1. The summed E-state index contributed by atoms with van der Waals surface area (Å²) < 4.78 is 17.9. The molecule has 3 nitrogen and oxygen atoms in total. The number of nitrogen functional groups attached to an aromatic ring is 1. The number of hydrogen-bond donors (Lipinski definition) is 1. The minimum Gasteiger partial charge on any atom is -0.490 e. The molecule has 2 rings (SSSR count). The van der Waals surface area contributed by atoms with Gasteiger partial charge in [0, 0.05) is 4.90 Å². The van der Waals surface area contributed by atoms with Crippen LogP contribution in [0.15, 0.2) is 47.4 Å². The molecule has 1 unspecified atom stereocenters. The SMILES string of the molecule is Cc1ccc(C)c(S(=O)CCOc2ccccc2N)c1. The first kappa shape index (κ1) is 14.6. The molecule has 1 atom stereocenters. The highest BCUT2D eigenvalue weighted by Gasteiger charge is 2.08. The molecule has 2 aromatic carbocycles. The molecule has 0 fully saturated rings. The van der Waals surface area contributed by atoms with Crippen LogP contribution in [0.25, 0.3) is 0 Å². The van der Waals surface area contributed by atoms with E-state index in [0.29, 0.717) is 23.8 Å². The predicted molar refractivity (Wildman–Crippen MR) is 83.5 cm³/mol. The van der Waals surface area contributed by atoms with E-state index in [0.717, 1.165) is 16.0 Å². The summed E-state index contributed by atoms with van der Waals surface area (Å²) in [6.07, 6.45) is 0. The first-order valence-electron chi connectivity index (χ1n) is 6.51. The van der Waals surface area contributed by atoms with Crippen LogP contribution in [0.5, 0.6) is 5.75 Å². The molecule has 2 aromatic rings. The van der Waals surface area contributed by atoms with E-state index in [1.165, 1.54) is 0 Å². The molecule has 0 amide bonds. The lowest BCUT2D eigenvalue weighted by atomic mass is 10.2. The number of aryl methyl sites for hydroxylation is 2. The van der Waals surface area contributed by atoms with Gasteiger partial charge >= 0.3 is 0 Å². The minimum atomic E-state index is -1.05. The van der Waals surface area contributed by atoms with Crippen LogP contribution in [-0.2, 0) is 10.8 Å². The fraction of sp³-hybridized carbons (Fsp3) is 0.250. The van der Waals surface area contributed by atoms with Gasteiger partial charge in [-0.15, -0.1) is 0 Å². The lowest BCUT2D eigenvalue weighted by Crippen LogP contribution is -2.10. The number of para-hydroxylation sites is 2. The molecule has 4 heteroatoms. The highest BCUT2D eigenvalue weighted by atomic mass is 32.2. The Hall–Kier alpha value is -1.81. The predicted octanol–water partition coefficient (Wildman–Crippen LogP) is 3.07. The number of rotatable bonds is 5. The second-order valence-electron chi connectivity index (χ2n) is 4.70. The van der Waals surface area contributed by atoms with E-state index in [1.807, 2.05) is 50.2 Å². The molecule has 0 spiro atoms. The quantitative estimate of drug-likeness (QED) is 0.861. The Kier molecular flexibility index (Phi) is 4.79. The lowest BCUT2D eigenvalue weighted by Gasteiger charge is -2.10. The van der Waals surface area contributed by atoms with Crippen molar-refractivity contribution < 1.29 is 8.95 Å². The normalized spacial score (nSPS) is 12.1. The standard InChI is InChI=1S/C16H19NO2S/c1-12-7-8-13(2)16(11-12)20(18)10-9-19-15-6-4-3-5-14(15)17/h3-8,11H,9-10,17H2,1-2H3. The number of hydrogen-bond acceptors (Lipinski definition) is 3. The molecule has 0 heterocycles. The summed E-state index contributed by atoms with van der Waals surface area (Å²) in [5.74, 6) is 1.10. The van der Waals surface area contributed by atoms with Gasteiger partial charge in [0.15, 0.2) is 0 Å². The Labute approximate surface area is 122 Å². The summed E-state index contributed by atoms with van der Waals surface area (Å²) in [6, 6.07) is 13.3. The van der Waals surface area contributed by atoms with Crippen LogP contribution >= 0.6 is 0 Å². The second-order valence-corrected chi connectivity index (χ2v) is 6.24. The van der Waals surface area contributed by atoms with Crippen LogP contribution in [0.2, 0.25) is 0 Å². The third-order valence-electron chi connectivity index (χ3n) is 3.03. The largest absolute Gasteiger partial charge is 0.490 e. The highest BCUT2D eigenvalue weighted by molar-refractivity contribution is 7.85. The summed E-state index contributed by atoms with van der Waals surface area (Å²) in [7, 11) is -1.05. The van der Waals surface area contributed by atoms with Gasteiger partial charge < -0.3 is 10.5 Å². The monoisotopic (exact) mass is 289 g/mol. The van der Waals surface area contributed by atoms with E-state index in [4.69, 9.17) is 10.5 Å². The van der Waals surface area contributed by atoms with E-state index in [9.17, 15) is 4.21 Å². The topological polar surface area (TPSA) is 52.3 Å². The van der Waals surface area contributed by atoms with E-state index in [-0.39, 0.29) is 0 Å². The Balaban J connectivity index is 1.96. The maximum absolute atomic E-state index is 12.3. The smallest absolute Gasteiger partial charge is 0.142 e. The van der Waals surface area contributed by atoms with Crippen molar-refractivity contribution in [1.82, 2.24) is 0 Å². The van der Waals surface area contributed by atoms with Gasteiger partial charge in [0.2, 0.25) is 0 Å². The third kappa shape index (κ3) is 3.61. The maximum atomic E-state index is 12.3.